The molecule has 1 heterocycles. The van der Waals surface area contributed by atoms with E-state index < -0.39 is 0 Å². The SMILES string of the molecule is Cc1nccnc1C(=O)CN. The third-order valence-electron chi connectivity index (χ3n) is 1.33. The molecule has 0 aliphatic heterocycles. The summed E-state index contributed by atoms with van der Waals surface area (Å²) in [5.74, 6) is -0.171. The molecular weight excluding hydrogens is 142 g/mol. The second-order valence-corrected chi connectivity index (χ2v) is 2.12. The molecule has 4 nitrogen and oxygen atoms in total. The summed E-state index contributed by atoms with van der Waals surface area (Å²) < 4.78 is 0. The average molecular weight is 151 g/mol. The van der Waals surface area contributed by atoms with Gasteiger partial charge >= 0.3 is 0 Å². The molecular formula is C7H9N3O. The van der Waals surface area contributed by atoms with E-state index in [4.69, 9.17) is 5.73 Å². The molecule has 0 unspecified atom stereocenters. The highest BCUT2D eigenvalue weighted by molar-refractivity contribution is 5.96. The summed E-state index contributed by atoms with van der Waals surface area (Å²) in [7, 11) is 0. The van der Waals surface area contributed by atoms with Crippen LogP contribution in [0.15, 0.2) is 12.4 Å². The first-order chi connectivity index (χ1) is 5.25. The van der Waals surface area contributed by atoms with Gasteiger partial charge in [0.1, 0.15) is 5.69 Å². The third kappa shape index (κ3) is 1.59. The van der Waals surface area contributed by atoms with Gasteiger partial charge < -0.3 is 5.73 Å². The van der Waals surface area contributed by atoms with Crippen LogP contribution in [0, 0.1) is 6.92 Å². The summed E-state index contributed by atoms with van der Waals surface area (Å²) >= 11 is 0. The molecule has 1 aromatic heterocycles. The van der Waals surface area contributed by atoms with Gasteiger partial charge in [0.15, 0.2) is 5.78 Å². The Labute approximate surface area is 64.5 Å². The molecule has 0 aliphatic rings. The van der Waals surface area contributed by atoms with E-state index in [2.05, 4.69) is 9.97 Å². The maximum absolute atomic E-state index is 11.0. The van der Waals surface area contributed by atoms with Crippen LogP contribution in [-0.2, 0) is 0 Å². The highest BCUT2D eigenvalue weighted by atomic mass is 16.1. The summed E-state index contributed by atoms with van der Waals surface area (Å²) in [5, 5.41) is 0. The number of aromatic nitrogens is 2. The third-order valence-corrected chi connectivity index (χ3v) is 1.33. The molecule has 0 fully saturated rings. The normalized spacial score (nSPS) is 9.64. The van der Waals surface area contributed by atoms with Crippen LogP contribution in [0.3, 0.4) is 0 Å². The van der Waals surface area contributed by atoms with Crippen LogP contribution in [0.25, 0.3) is 0 Å². The fourth-order valence-corrected chi connectivity index (χ4v) is 0.778. The molecule has 0 aromatic carbocycles. The molecule has 0 bridgehead atoms. The molecule has 0 radical (unpaired) electrons. The molecule has 0 saturated carbocycles. The lowest BCUT2D eigenvalue weighted by molar-refractivity contribution is 0.0995. The van der Waals surface area contributed by atoms with E-state index in [1.54, 1.807) is 13.1 Å². The molecule has 2 N–H and O–H groups in total. The number of carbonyl (C=O) groups is 1. The molecule has 0 atom stereocenters. The van der Waals surface area contributed by atoms with Gasteiger partial charge in [0.2, 0.25) is 0 Å². The number of hydrogen-bond acceptors (Lipinski definition) is 4. The second kappa shape index (κ2) is 3.21. The summed E-state index contributed by atoms with van der Waals surface area (Å²) in [6.07, 6.45) is 3.03. The van der Waals surface area contributed by atoms with Gasteiger partial charge in [-0.05, 0) is 6.92 Å². The molecule has 58 valence electrons. The number of aryl methyl sites for hydroxylation is 1. The van der Waals surface area contributed by atoms with Gasteiger partial charge in [0.25, 0.3) is 0 Å². The number of carbonyl (C=O) groups excluding carboxylic acids is 1. The van der Waals surface area contributed by atoms with Gasteiger partial charge in [0, 0.05) is 12.4 Å². The first kappa shape index (κ1) is 7.81. The minimum Gasteiger partial charge on any atom is -0.324 e. The largest absolute Gasteiger partial charge is 0.324 e. The number of ketones is 1. The number of rotatable bonds is 2. The monoisotopic (exact) mass is 151 g/mol. The predicted molar refractivity (Wildman–Crippen MR) is 40.2 cm³/mol. The van der Waals surface area contributed by atoms with Crippen molar-refractivity contribution >= 4 is 5.78 Å². The standard InChI is InChI=1S/C7H9N3O/c1-5-7(6(11)4-8)10-3-2-9-5/h2-3H,4,8H2,1H3. The fourth-order valence-electron chi connectivity index (χ4n) is 0.778. The Morgan fingerprint density at radius 1 is 1.55 bits per heavy atom. The van der Waals surface area contributed by atoms with Crippen molar-refractivity contribution in [1.29, 1.82) is 0 Å². The van der Waals surface area contributed by atoms with E-state index >= 15 is 0 Å². The van der Waals surface area contributed by atoms with Crippen LogP contribution in [-0.4, -0.2) is 22.3 Å². The van der Waals surface area contributed by atoms with Gasteiger partial charge in [-0.25, -0.2) is 4.98 Å². The van der Waals surface area contributed by atoms with Crippen molar-refractivity contribution < 1.29 is 4.79 Å². The molecule has 4 heteroatoms. The summed E-state index contributed by atoms with van der Waals surface area (Å²) in [5.41, 5.74) is 6.15. The smallest absolute Gasteiger partial charge is 0.196 e. The zero-order chi connectivity index (χ0) is 8.27. The van der Waals surface area contributed by atoms with Gasteiger partial charge in [-0.1, -0.05) is 0 Å². The van der Waals surface area contributed by atoms with Crippen LogP contribution < -0.4 is 5.73 Å². The minimum absolute atomic E-state index is 0.0144. The molecule has 0 amide bonds. The van der Waals surface area contributed by atoms with Crippen molar-refractivity contribution in [2.24, 2.45) is 5.73 Å². The number of hydrogen-bond donors (Lipinski definition) is 1. The van der Waals surface area contributed by atoms with Gasteiger partial charge in [-0.3, -0.25) is 9.78 Å². The lowest BCUT2D eigenvalue weighted by Crippen LogP contribution is -2.16. The van der Waals surface area contributed by atoms with Gasteiger partial charge in [0.05, 0.1) is 12.2 Å². The lowest BCUT2D eigenvalue weighted by atomic mass is 10.2. The van der Waals surface area contributed by atoms with Crippen LogP contribution in [0.1, 0.15) is 16.2 Å². The van der Waals surface area contributed by atoms with Crippen LogP contribution >= 0.6 is 0 Å². The van der Waals surface area contributed by atoms with Gasteiger partial charge in [-0.15, -0.1) is 0 Å². The number of nitrogens with zero attached hydrogens (tertiary/aromatic N) is 2. The Balaban J connectivity index is 3.03. The Kier molecular flexibility index (Phi) is 2.28. The van der Waals surface area contributed by atoms with Crippen molar-refractivity contribution in [3.05, 3.63) is 23.8 Å². The van der Waals surface area contributed by atoms with Crippen LogP contribution in [0.2, 0.25) is 0 Å². The maximum atomic E-state index is 11.0. The highest BCUT2D eigenvalue weighted by Crippen LogP contribution is 1.98. The zero-order valence-electron chi connectivity index (χ0n) is 6.24. The van der Waals surface area contributed by atoms with Crippen molar-refractivity contribution in [3.63, 3.8) is 0 Å². The minimum atomic E-state index is -0.171. The van der Waals surface area contributed by atoms with Crippen molar-refractivity contribution in [2.45, 2.75) is 6.92 Å². The number of nitrogens with two attached hydrogens (primary N) is 1. The Bertz CT molecular complexity index is 272. The van der Waals surface area contributed by atoms with Crippen molar-refractivity contribution in [2.75, 3.05) is 6.54 Å². The first-order valence-electron chi connectivity index (χ1n) is 3.26. The quantitative estimate of drug-likeness (QED) is 0.600. The summed E-state index contributed by atoms with van der Waals surface area (Å²) in [4.78, 5) is 18.8. The van der Waals surface area contributed by atoms with E-state index in [0.29, 0.717) is 11.4 Å². The number of Topliss-reactive ketones (excluding diaryl/α,β-unsaturated/α-hetero) is 1. The maximum Gasteiger partial charge on any atom is 0.196 e. The topological polar surface area (TPSA) is 68.9 Å². The fraction of sp³-hybridized carbons (Fsp3) is 0.286. The van der Waals surface area contributed by atoms with E-state index in [1.807, 2.05) is 0 Å². The zero-order valence-corrected chi connectivity index (χ0v) is 6.24. The van der Waals surface area contributed by atoms with Crippen LogP contribution in [0.4, 0.5) is 0 Å². The van der Waals surface area contributed by atoms with E-state index in [9.17, 15) is 4.79 Å². The molecule has 11 heavy (non-hydrogen) atoms. The molecule has 0 aliphatic carbocycles. The van der Waals surface area contributed by atoms with E-state index in [0.717, 1.165) is 0 Å². The molecule has 1 aromatic rings. The summed E-state index contributed by atoms with van der Waals surface area (Å²) in [6.45, 7) is 1.72. The van der Waals surface area contributed by atoms with Crippen molar-refractivity contribution in [3.8, 4) is 0 Å². The van der Waals surface area contributed by atoms with Crippen molar-refractivity contribution in [1.82, 2.24) is 9.97 Å². The molecule has 1 rings (SSSR count). The van der Waals surface area contributed by atoms with E-state index in [1.165, 1.54) is 6.20 Å². The predicted octanol–water partition coefficient (Wildman–Crippen LogP) is -0.0736. The van der Waals surface area contributed by atoms with Gasteiger partial charge in [-0.2, -0.15) is 0 Å². The average Bonchev–Trinajstić information content (AvgIpc) is 2.04. The first-order valence-corrected chi connectivity index (χ1v) is 3.26. The molecule has 0 spiro atoms. The molecule has 0 saturated heterocycles. The highest BCUT2D eigenvalue weighted by Gasteiger charge is 2.07. The van der Waals surface area contributed by atoms with E-state index in [-0.39, 0.29) is 12.3 Å². The Morgan fingerprint density at radius 2 is 2.18 bits per heavy atom. The Hall–Kier alpha value is -1.29. The second-order valence-electron chi connectivity index (χ2n) is 2.12. The van der Waals surface area contributed by atoms with Crippen LogP contribution in [0.5, 0.6) is 0 Å². The lowest BCUT2D eigenvalue weighted by Gasteiger charge is -1.98. The Morgan fingerprint density at radius 3 is 2.73 bits per heavy atom. The summed E-state index contributed by atoms with van der Waals surface area (Å²) in [6, 6.07) is 0.